The first-order valence-corrected chi connectivity index (χ1v) is 6.74. The number of aryl methyl sites for hydroxylation is 1. The zero-order chi connectivity index (χ0) is 12.3. The van der Waals surface area contributed by atoms with Gasteiger partial charge in [-0.1, -0.05) is 22.0 Å². The van der Waals surface area contributed by atoms with Crippen LogP contribution in [0.25, 0.3) is 0 Å². The summed E-state index contributed by atoms with van der Waals surface area (Å²) in [5, 5.41) is 6.37. The van der Waals surface area contributed by atoms with Crippen LogP contribution in [0.15, 0.2) is 22.7 Å². The normalized spacial score (nSPS) is 20.0. The smallest absolute Gasteiger partial charge is 0.251 e. The van der Waals surface area contributed by atoms with Crippen LogP contribution in [-0.4, -0.2) is 25.0 Å². The van der Waals surface area contributed by atoms with Crippen LogP contribution in [0.3, 0.4) is 0 Å². The maximum Gasteiger partial charge on any atom is 0.251 e. The Labute approximate surface area is 110 Å². The molecular formula is C13H17BrN2O. The van der Waals surface area contributed by atoms with Crippen molar-refractivity contribution in [2.24, 2.45) is 0 Å². The molecule has 1 aliphatic heterocycles. The summed E-state index contributed by atoms with van der Waals surface area (Å²) < 4.78 is 0.940. The summed E-state index contributed by atoms with van der Waals surface area (Å²) in [6.45, 7) is 3.89. The van der Waals surface area contributed by atoms with E-state index in [1.54, 1.807) is 0 Å². The highest BCUT2D eigenvalue weighted by molar-refractivity contribution is 9.10. The maximum absolute atomic E-state index is 12.1. The van der Waals surface area contributed by atoms with E-state index >= 15 is 0 Å². The lowest BCUT2D eigenvalue weighted by molar-refractivity contribution is 0.0930. The molecule has 2 rings (SSSR count). The van der Waals surface area contributed by atoms with Crippen molar-refractivity contribution in [2.45, 2.75) is 25.8 Å². The molecule has 1 fully saturated rings. The third-order valence-corrected chi connectivity index (χ3v) is 3.57. The maximum atomic E-state index is 12.1. The van der Waals surface area contributed by atoms with Gasteiger partial charge in [-0.15, -0.1) is 0 Å². The molecule has 4 heteroatoms. The summed E-state index contributed by atoms with van der Waals surface area (Å²) in [6, 6.07) is 6.04. The van der Waals surface area contributed by atoms with Crippen LogP contribution in [-0.2, 0) is 0 Å². The van der Waals surface area contributed by atoms with E-state index in [4.69, 9.17) is 0 Å². The predicted molar refractivity (Wildman–Crippen MR) is 72.2 cm³/mol. The molecule has 1 heterocycles. The molecule has 0 bridgehead atoms. The fourth-order valence-corrected chi connectivity index (χ4v) is 2.44. The summed E-state index contributed by atoms with van der Waals surface area (Å²) >= 11 is 3.40. The minimum atomic E-state index is 0.0255. The van der Waals surface area contributed by atoms with Crippen molar-refractivity contribution in [1.29, 1.82) is 0 Å². The van der Waals surface area contributed by atoms with Gasteiger partial charge in [0.2, 0.25) is 0 Å². The lowest BCUT2D eigenvalue weighted by atomic mass is 10.1. The Hall–Kier alpha value is -0.870. The van der Waals surface area contributed by atoms with Gasteiger partial charge >= 0.3 is 0 Å². The monoisotopic (exact) mass is 296 g/mol. The average molecular weight is 297 g/mol. The summed E-state index contributed by atoms with van der Waals surface area (Å²) in [4.78, 5) is 12.1. The van der Waals surface area contributed by atoms with Gasteiger partial charge in [0.1, 0.15) is 0 Å². The minimum absolute atomic E-state index is 0.0255. The first kappa shape index (κ1) is 12.6. The number of carbonyl (C=O) groups excluding carboxylic acids is 1. The second kappa shape index (κ2) is 5.65. The van der Waals surface area contributed by atoms with Gasteiger partial charge in [-0.3, -0.25) is 4.79 Å². The van der Waals surface area contributed by atoms with Crippen LogP contribution in [0.1, 0.15) is 28.8 Å². The first-order valence-electron chi connectivity index (χ1n) is 5.94. The molecule has 1 aromatic carbocycles. The van der Waals surface area contributed by atoms with Crippen molar-refractivity contribution in [3.05, 3.63) is 33.8 Å². The summed E-state index contributed by atoms with van der Waals surface area (Å²) in [6.07, 6.45) is 2.19. The summed E-state index contributed by atoms with van der Waals surface area (Å²) in [5.41, 5.74) is 1.76. The lowest BCUT2D eigenvalue weighted by Crippen LogP contribution is -2.45. The standard InChI is InChI=1S/C13H17BrN2O/c1-9-4-5-10(14)7-12(9)13(17)16-11-3-2-6-15-8-11/h4-5,7,11,15H,2-3,6,8H2,1H3,(H,16,17). The van der Waals surface area contributed by atoms with E-state index in [2.05, 4.69) is 26.6 Å². The number of carbonyl (C=O) groups is 1. The van der Waals surface area contributed by atoms with Crippen molar-refractivity contribution < 1.29 is 4.79 Å². The Morgan fingerprint density at radius 3 is 3.06 bits per heavy atom. The Morgan fingerprint density at radius 1 is 1.53 bits per heavy atom. The molecule has 0 aliphatic carbocycles. The van der Waals surface area contributed by atoms with Gasteiger partial charge in [0.05, 0.1) is 0 Å². The van der Waals surface area contributed by atoms with Crippen LogP contribution in [0.2, 0.25) is 0 Å². The van der Waals surface area contributed by atoms with Crippen LogP contribution in [0.4, 0.5) is 0 Å². The second-order valence-corrected chi connectivity index (χ2v) is 5.39. The Balaban J connectivity index is 2.05. The van der Waals surface area contributed by atoms with E-state index in [1.807, 2.05) is 25.1 Å². The molecule has 3 nitrogen and oxygen atoms in total. The molecule has 1 saturated heterocycles. The molecule has 17 heavy (non-hydrogen) atoms. The number of hydrogen-bond acceptors (Lipinski definition) is 2. The Kier molecular flexibility index (Phi) is 4.18. The fraction of sp³-hybridized carbons (Fsp3) is 0.462. The lowest BCUT2D eigenvalue weighted by Gasteiger charge is -2.24. The van der Waals surface area contributed by atoms with Gasteiger partial charge < -0.3 is 10.6 Å². The molecule has 1 atom stereocenters. The van der Waals surface area contributed by atoms with Gasteiger partial charge in [0.25, 0.3) is 5.91 Å². The Bertz CT molecular complexity index is 414. The van der Waals surface area contributed by atoms with E-state index in [9.17, 15) is 4.79 Å². The molecular weight excluding hydrogens is 280 g/mol. The average Bonchev–Trinajstić information content (AvgIpc) is 2.33. The minimum Gasteiger partial charge on any atom is -0.348 e. The summed E-state index contributed by atoms with van der Waals surface area (Å²) in [7, 11) is 0. The first-order chi connectivity index (χ1) is 8.16. The number of halogens is 1. The van der Waals surface area contributed by atoms with E-state index < -0.39 is 0 Å². The number of amides is 1. The molecule has 0 spiro atoms. The fourth-order valence-electron chi connectivity index (χ4n) is 2.08. The van der Waals surface area contributed by atoms with Crippen molar-refractivity contribution in [2.75, 3.05) is 13.1 Å². The van der Waals surface area contributed by atoms with Gasteiger partial charge in [0.15, 0.2) is 0 Å². The molecule has 0 aromatic heterocycles. The molecule has 2 N–H and O–H groups in total. The number of nitrogens with one attached hydrogen (secondary N) is 2. The zero-order valence-electron chi connectivity index (χ0n) is 9.92. The number of benzene rings is 1. The number of hydrogen-bond donors (Lipinski definition) is 2. The van der Waals surface area contributed by atoms with Crippen molar-refractivity contribution in [3.8, 4) is 0 Å². The molecule has 1 amide bonds. The molecule has 92 valence electrons. The highest BCUT2D eigenvalue weighted by atomic mass is 79.9. The highest BCUT2D eigenvalue weighted by Gasteiger charge is 2.17. The molecule has 0 saturated carbocycles. The van der Waals surface area contributed by atoms with Crippen molar-refractivity contribution in [3.63, 3.8) is 0 Å². The zero-order valence-corrected chi connectivity index (χ0v) is 11.5. The van der Waals surface area contributed by atoms with E-state index in [0.29, 0.717) is 0 Å². The van der Waals surface area contributed by atoms with Crippen molar-refractivity contribution in [1.82, 2.24) is 10.6 Å². The number of rotatable bonds is 2. The molecule has 1 aliphatic rings. The second-order valence-electron chi connectivity index (χ2n) is 4.48. The highest BCUT2D eigenvalue weighted by Crippen LogP contribution is 2.16. The van der Waals surface area contributed by atoms with E-state index in [-0.39, 0.29) is 11.9 Å². The Morgan fingerprint density at radius 2 is 2.35 bits per heavy atom. The van der Waals surface area contributed by atoms with Crippen LogP contribution < -0.4 is 10.6 Å². The topological polar surface area (TPSA) is 41.1 Å². The third-order valence-electron chi connectivity index (χ3n) is 3.08. The third kappa shape index (κ3) is 3.30. The van der Waals surface area contributed by atoms with Crippen LogP contribution in [0, 0.1) is 6.92 Å². The van der Waals surface area contributed by atoms with E-state index in [0.717, 1.165) is 41.5 Å². The van der Waals surface area contributed by atoms with Gasteiger partial charge in [-0.2, -0.15) is 0 Å². The molecule has 0 radical (unpaired) electrons. The van der Waals surface area contributed by atoms with Gasteiger partial charge in [-0.05, 0) is 44.0 Å². The van der Waals surface area contributed by atoms with Crippen LogP contribution >= 0.6 is 15.9 Å². The largest absolute Gasteiger partial charge is 0.348 e. The SMILES string of the molecule is Cc1ccc(Br)cc1C(=O)NC1CCCNC1. The van der Waals surface area contributed by atoms with E-state index in [1.165, 1.54) is 0 Å². The van der Waals surface area contributed by atoms with Crippen LogP contribution in [0.5, 0.6) is 0 Å². The van der Waals surface area contributed by atoms with Gasteiger partial charge in [-0.25, -0.2) is 0 Å². The van der Waals surface area contributed by atoms with Crippen molar-refractivity contribution >= 4 is 21.8 Å². The molecule has 1 aromatic rings. The number of piperidine rings is 1. The molecule has 1 unspecified atom stereocenters. The summed E-state index contributed by atoms with van der Waals surface area (Å²) in [5.74, 6) is 0.0255. The van der Waals surface area contributed by atoms with Gasteiger partial charge in [0, 0.05) is 22.6 Å². The predicted octanol–water partition coefficient (Wildman–Crippen LogP) is 2.24. The quantitative estimate of drug-likeness (QED) is 0.879.